The Morgan fingerprint density at radius 2 is 2.20 bits per heavy atom. The van der Waals surface area contributed by atoms with Crippen LogP contribution in [-0.4, -0.2) is 31.8 Å². The smallest absolute Gasteiger partial charge is 0.335 e. The highest BCUT2D eigenvalue weighted by Gasteiger charge is 2.22. The van der Waals surface area contributed by atoms with Crippen LogP contribution in [0.5, 0.6) is 5.75 Å². The molecule has 2 rings (SSSR count). The van der Waals surface area contributed by atoms with Gasteiger partial charge in [-0.25, -0.2) is 13.2 Å². The highest BCUT2D eigenvalue weighted by Crippen LogP contribution is 2.27. The molecule has 106 valence electrons. The van der Waals surface area contributed by atoms with E-state index in [1.54, 1.807) is 0 Å². The number of hydrogen-bond donors (Lipinski definition) is 1. The lowest BCUT2D eigenvalue weighted by molar-refractivity contribution is 0.0696. The SMILES string of the molecule is COc1ccc(C(=O)O)cc1S(=O)(=O)Cc1cnoc1. The normalized spacial score (nSPS) is 11.2. The summed E-state index contributed by atoms with van der Waals surface area (Å²) in [6, 6.07) is 3.66. The first-order valence-electron chi connectivity index (χ1n) is 5.46. The third-order valence-corrected chi connectivity index (χ3v) is 4.29. The Kier molecular flexibility index (Phi) is 3.75. The number of methoxy groups -OCH3 is 1. The van der Waals surface area contributed by atoms with Crippen LogP contribution in [0, 0.1) is 0 Å². The molecule has 0 saturated carbocycles. The highest BCUT2D eigenvalue weighted by molar-refractivity contribution is 7.90. The Labute approximate surface area is 114 Å². The second kappa shape index (κ2) is 5.33. The van der Waals surface area contributed by atoms with Gasteiger partial charge >= 0.3 is 5.97 Å². The maximum Gasteiger partial charge on any atom is 0.335 e. The molecule has 0 fully saturated rings. The van der Waals surface area contributed by atoms with Gasteiger partial charge in [-0.1, -0.05) is 5.16 Å². The van der Waals surface area contributed by atoms with Gasteiger partial charge in [0.1, 0.15) is 16.9 Å². The van der Waals surface area contributed by atoms with Crippen LogP contribution in [0.2, 0.25) is 0 Å². The van der Waals surface area contributed by atoms with Crippen molar-refractivity contribution in [1.29, 1.82) is 0 Å². The molecule has 0 bridgehead atoms. The van der Waals surface area contributed by atoms with E-state index in [1.807, 2.05) is 0 Å². The number of benzene rings is 1. The van der Waals surface area contributed by atoms with Gasteiger partial charge in [0, 0.05) is 5.56 Å². The number of ether oxygens (including phenoxy) is 1. The van der Waals surface area contributed by atoms with E-state index in [-0.39, 0.29) is 22.0 Å². The summed E-state index contributed by atoms with van der Waals surface area (Å²) in [5, 5.41) is 12.4. The van der Waals surface area contributed by atoms with Crippen molar-refractivity contribution in [1.82, 2.24) is 5.16 Å². The van der Waals surface area contributed by atoms with Crippen molar-refractivity contribution in [3.05, 3.63) is 41.8 Å². The van der Waals surface area contributed by atoms with Crippen LogP contribution in [-0.2, 0) is 15.6 Å². The maximum absolute atomic E-state index is 12.3. The van der Waals surface area contributed by atoms with Crippen LogP contribution < -0.4 is 4.74 Å². The molecule has 0 radical (unpaired) electrons. The molecule has 0 aliphatic heterocycles. The number of rotatable bonds is 5. The van der Waals surface area contributed by atoms with E-state index in [0.717, 1.165) is 6.07 Å². The van der Waals surface area contributed by atoms with Gasteiger partial charge in [-0.3, -0.25) is 0 Å². The fraction of sp³-hybridized carbons (Fsp3) is 0.167. The van der Waals surface area contributed by atoms with Crippen LogP contribution in [0.1, 0.15) is 15.9 Å². The van der Waals surface area contributed by atoms with Gasteiger partial charge in [-0.2, -0.15) is 0 Å². The number of carbonyl (C=O) groups is 1. The molecule has 1 aromatic carbocycles. The van der Waals surface area contributed by atoms with Crippen molar-refractivity contribution < 1.29 is 27.6 Å². The summed E-state index contributed by atoms with van der Waals surface area (Å²) < 4.78 is 34.2. The van der Waals surface area contributed by atoms with Gasteiger partial charge in [-0.05, 0) is 18.2 Å². The van der Waals surface area contributed by atoms with Crippen LogP contribution in [0.25, 0.3) is 0 Å². The minimum atomic E-state index is -3.77. The molecule has 0 unspecified atom stereocenters. The van der Waals surface area contributed by atoms with Crippen LogP contribution in [0.15, 0.2) is 40.1 Å². The first-order valence-corrected chi connectivity index (χ1v) is 7.11. The summed E-state index contributed by atoms with van der Waals surface area (Å²) >= 11 is 0. The molecule has 0 spiro atoms. The van der Waals surface area contributed by atoms with E-state index in [0.29, 0.717) is 5.56 Å². The molecule has 7 nitrogen and oxygen atoms in total. The average molecular weight is 297 g/mol. The van der Waals surface area contributed by atoms with E-state index < -0.39 is 15.8 Å². The monoisotopic (exact) mass is 297 g/mol. The van der Waals surface area contributed by atoms with Gasteiger partial charge in [0.05, 0.1) is 24.6 Å². The summed E-state index contributed by atoms with van der Waals surface area (Å²) in [7, 11) is -2.46. The van der Waals surface area contributed by atoms with Gasteiger partial charge in [0.15, 0.2) is 9.84 Å². The van der Waals surface area contributed by atoms with Gasteiger partial charge in [0.2, 0.25) is 0 Å². The third kappa shape index (κ3) is 2.80. The fourth-order valence-corrected chi connectivity index (χ4v) is 3.15. The Hall–Kier alpha value is -2.35. The lowest BCUT2D eigenvalue weighted by atomic mass is 10.2. The molecule has 0 aliphatic carbocycles. The number of aromatic carboxylic acids is 1. The molecule has 0 saturated heterocycles. The van der Waals surface area contributed by atoms with Gasteiger partial charge in [0.25, 0.3) is 0 Å². The summed E-state index contributed by atoms with van der Waals surface area (Å²) in [5.41, 5.74) is 0.238. The summed E-state index contributed by atoms with van der Waals surface area (Å²) in [5.74, 6) is -1.48. The second-order valence-electron chi connectivity index (χ2n) is 3.96. The lowest BCUT2D eigenvalue weighted by Crippen LogP contribution is -2.08. The van der Waals surface area contributed by atoms with Crippen molar-refractivity contribution in [2.75, 3.05) is 7.11 Å². The first-order chi connectivity index (χ1) is 9.44. The molecular formula is C12H11NO6S. The number of aromatic nitrogens is 1. The molecule has 8 heteroatoms. The molecule has 0 amide bonds. The predicted molar refractivity (Wildman–Crippen MR) is 67.3 cm³/mol. The lowest BCUT2D eigenvalue weighted by Gasteiger charge is -2.09. The number of carboxylic acid groups (broad SMARTS) is 1. The third-order valence-electron chi connectivity index (χ3n) is 2.59. The minimum Gasteiger partial charge on any atom is -0.495 e. The van der Waals surface area contributed by atoms with Gasteiger partial charge in [-0.15, -0.1) is 0 Å². The van der Waals surface area contributed by atoms with Crippen LogP contribution in [0.4, 0.5) is 0 Å². The largest absolute Gasteiger partial charge is 0.495 e. The average Bonchev–Trinajstić information content (AvgIpc) is 2.90. The minimum absolute atomic E-state index is 0.0893. The topological polar surface area (TPSA) is 107 Å². The standard InChI is InChI=1S/C12H11NO6S/c1-18-10-3-2-9(12(14)15)4-11(10)20(16,17)7-8-5-13-19-6-8/h2-6H,7H2,1H3,(H,14,15). The van der Waals surface area contributed by atoms with Crippen molar-refractivity contribution in [2.24, 2.45) is 0 Å². The Morgan fingerprint density at radius 3 is 2.75 bits per heavy atom. The maximum atomic E-state index is 12.3. The van der Waals surface area contributed by atoms with E-state index >= 15 is 0 Å². The van der Waals surface area contributed by atoms with Crippen molar-refractivity contribution in [3.63, 3.8) is 0 Å². The van der Waals surface area contributed by atoms with E-state index in [9.17, 15) is 13.2 Å². The summed E-state index contributed by atoms with van der Waals surface area (Å²) in [6.45, 7) is 0. The van der Waals surface area contributed by atoms with E-state index in [1.165, 1.54) is 31.7 Å². The van der Waals surface area contributed by atoms with Gasteiger partial charge < -0.3 is 14.4 Å². The predicted octanol–water partition coefficient (Wildman–Crippen LogP) is 1.36. The molecule has 1 aromatic heterocycles. The highest BCUT2D eigenvalue weighted by atomic mass is 32.2. The zero-order chi connectivity index (χ0) is 14.8. The Morgan fingerprint density at radius 1 is 1.45 bits per heavy atom. The molecule has 1 heterocycles. The number of nitrogens with zero attached hydrogens (tertiary/aromatic N) is 1. The fourth-order valence-electron chi connectivity index (χ4n) is 1.65. The van der Waals surface area contributed by atoms with Crippen molar-refractivity contribution in [2.45, 2.75) is 10.6 Å². The second-order valence-corrected chi connectivity index (χ2v) is 5.92. The molecule has 1 N–H and O–H groups in total. The van der Waals surface area contributed by atoms with Crippen LogP contribution >= 0.6 is 0 Å². The molecule has 0 atom stereocenters. The first kappa shape index (κ1) is 14.1. The summed E-state index contributed by atoms with van der Waals surface area (Å²) in [4.78, 5) is 10.8. The Bertz CT molecular complexity index is 720. The zero-order valence-corrected chi connectivity index (χ0v) is 11.3. The quantitative estimate of drug-likeness (QED) is 0.887. The van der Waals surface area contributed by atoms with Crippen LogP contribution in [0.3, 0.4) is 0 Å². The molecule has 2 aromatic rings. The van der Waals surface area contributed by atoms with E-state index in [4.69, 9.17) is 9.84 Å². The Balaban J connectivity index is 2.48. The van der Waals surface area contributed by atoms with E-state index in [2.05, 4.69) is 9.68 Å². The molecule has 20 heavy (non-hydrogen) atoms. The van der Waals surface area contributed by atoms with Crippen molar-refractivity contribution in [3.8, 4) is 5.75 Å². The van der Waals surface area contributed by atoms with Crippen molar-refractivity contribution >= 4 is 15.8 Å². The number of hydrogen-bond acceptors (Lipinski definition) is 6. The molecule has 0 aliphatic rings. The summed E-state index contributed by atoms with van der Waals surface area (Å²) in [6.07, 6.45) is 2.50. The number of sulfone groups is 1. The zero-order valence-electron chi connectivity index (χ0n) is 10.4. The molecular weight excluding hydrogens is 286 g/mol. The number of carboxylic acids is 1.